The van der Waals surface area contributed by atoms with E-state index in [9.17, 15) is 4.39 Å². The predicted octanol–water partition coefficient (Wildman–Crippen LogP) is 2.67. The Hall–Kier alpha value is -1.42. The van der Waals surface area contributed by atoms with E-state index in [0.717, 1.165) is 29.8 Å². The number of nitrogens with two attached hydrogens (primary N) is 1. The molecule has 100 valence electrons. The highest BCUT2D eigenvalue weighted by molar-refractivity contribution is 5.85. The second-order valence-electron chi connectivity index (χ2n) is 4.84. The van der Waals surface area contributed by atoms with Crippen molar-refractivity contribution in [2.75, 3.05) is 13.1 Å². The van der Waals surface area contributed by atoms with Crippen molar-refractivity contribution in [2.45, 2.75) is 5.54 Å². The first-order chi connectivity index (χ1) is 8.67. The van der Waals surface area contributed by atoms with E-state index in [4.69, 9.17) is 5.73 Å². The van der Waals surface area contributed by atoms with E-state index in [1.165, 1.54) is 12.1 Å². The molecule has 1 fully saturated rings. The van der Waals surface area contributed by atoms with Gasteiger partial charge in [-0.2, -0.15) is 0 Å². The van der Waals surface area contributed by atoms with Crippen molar-refractivity contribution in [3.05, 3.63) is 59.9 Å². The summed E-state index contributed by atoms with van der Waals surface area (Å²) in [6.07, 6.45) is 0. The van der Waals surface area contributed by atoms with Crippen molar-refractivity contribution in [3.63, 3.8) is 0 Å². The Morgan fingerprint density at radius 2 is 1.37 bits per heavy atom. The summed E-state index contributed by atoms with van der Waals surface area (Å²) in [7, 11) is 0. The van der Waals surface area contributed by atoms with E-state index in [2.05, 4.69) is 17.4 Å². The van der Waals surface area contributed by atoms with E-state index in [-0.39, 0.29) is 23.8 Å². The molecule has 1 aliphatic rings. The fourth-order valence-corrected chi connectivity index (χ4v) is 2.24. The normalized spacial score (nSPS) is 16.3. The number of benzene rings is 2. The van der Waals surface area contributed by atoms with Gasteiger partial charge in [-0.05, 0) is 28.8 Å². The van der Waals surface area contributed by atoms with Crippen LogP contribution in [0.2, 0.25) is 0 Å². The second-order valence-corrected chi connectivity index (χ2v) is 4.84. The van der Waals surface area contributed by atoms with Gasteiger partial charge in [-0.1, -0.05) is 36.4 Å². The molecule has 0 bridgehead atoms. The van der Waals surface area contributed by atoms with Crippen LogP contribution in [0, 0.1) is 5.82 Å². The van der Waals surface area contributed by atoms with Crippen LogP contribution >= 0.6 is 12.4 Å². The van der Waals surface area contributed by atoms with Crippen molar-refractivity contribution >= 4 is 12.4 Å². The Labute approximate surface area is 118 Å². The summed E-state index contributed by atoms with van der Waals surface area (Å²) in [4.78, 5) is 0. The van der Waals surface area contributed by atoms with Crippen LogP contribution in [0.1, 0.15) is 5.56 Å². The minimum absolute atomic E-state index is 0. The first-order valence-corrected chi connectivity index (χ1v) is 6.03. The lowest BCUT2D eigenvalue weighted by atomic mass is 9.85. The zero-order valence-electron chi connectivity index (χ0n) is 10.4. The molecule has 0 unspecified atom stereocenters. The summed E-state index contributed by atoms with van der Waals surface area (Å²) < 4.78 is 12.9. The molecule has 1 heterocycles. The zero-order valence-corrected chi connectivity index (χ0v) is 11.2. The first kappa shape index (κ1) is 14.0. The average molecular weight is 279 g/mol. The van der Waals surface area contributed by atoms with Crippen molar-refractivity contribution in [3.8, 4) is 11.1 Å². The molecule has 0 atom stereocenters. The highest BCUT2D eigenvalue weighted by atomic mass is 35.5. The number of hydrogen-bond acceptors (Lipinski definition) is 2. The Morgan fingerprint density at radius 3 is 1.79 bits per heavy atom. The Morgan fingerprint density at radius 1 is 0.895 bits per heavy atom. The summed E-state index contributed by atoms with van der Waals surface area (Å²) in [6, 6.07) is 14.7. The van der Waals surface area contributed by atoms with Crippen LogP contribution in [0.4, 0.5) is 4.39 Å². The molecule has 0 amide bonds. The number of halogens is 2. The third-order valence-corrected chi connectivity index (χ3v) is 3.52. The Bertz CT molecular complexity index is 547. The van der Waals surface area contributed by atoms with E-state index in [1.807, 2.05) is 12.1 Å². The Kier molecular flexibility index (Phi) is 3.90. The molecule has 0 saturated carbocycles. The fraction of sp³-hybridized carbons (Fsp3) is 0.200. The minimum atomic E-state index is -0.221. The molecule has 2 nitrogen and oxygen atoms in total. The lowest BCUT2D eigenvalue weighted by molar-refractivity contribution is 0.287. The maximum Gasteiger partial charge on any atom is 0.123 e. The number of nitrogens with one attached hydrogen (secondary N) is 1. The summed E-state index contributed by atoms with van der Waals surface area (Å²) in [5, 5.41) is 3.19. The van der Waals surface area contributed by atoms with Crippen molar-refractivity contribution in [1.29, 1.82) is 0 Å². The van der Waals surface area contributed by atoms with E-state index < -0.39 is 0 Å². The van der Waals surface area contributed by atoms with Gasteiger partial charge in [-0.25, -0.2) is 4.39 Å². The Balaban J connectivity index is 0.00000133. The highest BCUT2D eigenvalue weighted by Crippen LogP contribution is 2.26. The van der Waals surface area contributed by atoms with E-state index in [1.54, 1.807) is 12.1 Å². The van der Waals surface area contributed by atoms with Gasteiger partial charge in [0, 0.05) is 13.1 Å². The lowest BCUT2D eigenvalue weighted by Crippen LogP contribution is -2.62. The van der Waals surface area contributed by atoms with Gasteiger partial charge in [0.25, 0.3) is 0 Å². The largest absolute Gasteiger partial charge is 0.319 e. The maximum absolute atomic E-state index is 12.9. The second kappa shape index (κ2) is 5.29. The SMILES string of the molecule is Cl.NC1(c2ccc(-c3ccc(F)cc3)cc2)CNC1. The zero-order chi connectivity index (χ0) is 12.6. The molecule has 3 rings (SSSR count). The monoisotopic (exact) mass is 278 g/mol. The molecule has 4 heteroatoms. The summed E-state index contributed by atoms with van der Waals surface area (Å²) >= 11 is 0. The van der Waals surface area contributed by atoms with Crippen LogP contribution in [0.5, 0.6) is 0 Å². The topological polar surface area (TPSA) is 38.0 Å². The van der Waals surface area contributed by atoms with Gasteiger partial charge in [0.2, 0.25) is 0 Å². The van der Waals surface area contributed by atoms with E-state index >= 15 is 0 Å². The van der Waals surface area contributed by atoms with Crippen LogP contribution in [-0.2, 0) is 5.54 Å². The minimum Gasteiger partial charge on any atom is -0.319 e. The van der Waals surface area contributed by atoms with Crippen LogP contribution < -0.4 is 11.1 Å². The molecule has 2 aromatic carbocycles. The van der Waals surface area contributed by atoms with Gasteiger partial charge in [-0.3, -0.25) is 0 Å². The molecule has 0 aromatic heterocycles. The van der Waals surface area contributed by atoms with Crippen molar-refractivity contribution < 1.29 is 4.39 Å². The standard InChI is InChI=1S/C15H15FN2.ClH/c16-14-7-3-12(4-8-14)11-1-5-13(6-2-11)15(17)9-18-10-15;/h1-8,18H,9-10,17H2;1H. The quantitative estimate of drug-likeness (QED) is 0.886. The van der Waals surface area contributed by atoms with Crippen LogP contribution in [0.3, 0.4) is 0 Å². The fourth-order valence-electron chi connectivity index (χ4n) is 2.24. The molecule has 0 radical (unpaired) electrons. The molecule has 0 spiro atoms. The van der Waals surface area contributed by atoms with Gasteiger partial charge in [0.1, 0.15) is 5.82 Å². The van der Waals surface area contributed by atoms with Gasteiger partial charge < -0.3 is 11.1 Å². The van der Waals surface area contributed by atoms with Gasteiger partial charge >= 0.3 is 0 Å². The smallest absolute Gasteiger partial charge is 0.123 e. The summed E-state index contributed by atoms with van der Waals surface area (Å²) in [5.41, 5.74) is 9.24. The number of rotatable bonds is 2. The molecule has 1 aliphatic heterocycles. The van der Waals surface area contributed by atoms with Crippen molar-refractivity contribution in [2.24, 2.45) is 5.73 Å². The first-order valence-electron chi connectivity index (χ1n) is 6.03. The molecule has 0 aliphatic carbocycles. The third kappa shape index (κ3) is 2.63. The van der Waals surface area contributed by atoms with Gasteiger partial charge in [0.15, 0.2) is 0 Å². The summed E-state index contributed by atoms with van der Waals surface area (Å²) in [6.45, 7) is 1.64. The molecule has 3 N–H and O–H groups in total. The molecular weight excluding hydrogens is 263 g/mol. The molecule has 1 saturated heterocycles. The number of hydrogen-bond donors (Lipinski definition) is 2. The van der Waals surface area contributed by atoms with Crippen LogP contribution in [0.15, 0.2) is 48.5 Å². The van der Waals surface area contributed by atoms with Crippen molar-refractivity contribution in [1.82, 2.24) is 5.32 Å². The van der Waals surface area contributed by atoms with Gasteiger partial charge in [-0.15, -0.1) is 12.4 Å². The average Bonchev–Trinajstić information content (AvgIpc) is 2.37. The third-order valence-electron chi connectivity index (χ3n) is 3.52. The van der Waals surface area contributed by atoms with Gasteiger partial charge in [0.05, 0.1) is 5.54 Å². The summed E-state index contributed by atoms with van der Waals surface area (Å²) in [5.74, 6) is -0.211. The van der Waals surface area contributed by atoms with Crippen LogP contribution in [-0.4, -0.2) is 13.1 Å². The maximum atomic E-state index is 12.9. The van der Waals surface area contributed by atoms with E-state index in [0.29, 0.717) is 0 Å². The lowest BCUT2D eigenvalue weighted by Gasteiger charge is -2.39. The van der Waals surface area contributed by atoms with Crippen LogP contribution in [0.25, 0.3) is 11.1 Å². The molecule has 19 heavy (non-hydrogen) atoms. The molecular formula is C15H16ClFN2. The highest BCUT2D eigenvalue weighted by Gasteiger charge is 2.33. The molecule has 2 aromatic rings. The predicted molar refractivity (Wildman–Crippen MR) is 77.8 cm³/mol.